The SMILES string of the molecule is CCC1(C)NC(C)N(CC(C)N2CCCC2)C1=O. The first-order chi connectivity index (χ1) is 8.48. The molecular formula is C14H27N3O. The number of hydrogen-bond acceptors (Lipinski definition) is 3. The number of carbonyl (C=O) groups is 1. The maximum Gasteiger partial charge on any atom is 0.243 e. The number of nitrogens with one attached hydrogen (secondary N) is 1. The quantitative estimate of drug-likeness (QED) is 0.823. The first-order valence-electron chi connectivity index (χ1n) is 7.31. The highest BCUT2D eigenvalue weighted by Gasteiger charge is 2.45. The van der Waals surface area contributed by atoms with Crippen LogP contribution in [0.25, 0.3) is 0 Å². The Hall–Kier alpha value is -0.610. The van der Waals surface area contributed by atoms with Crippen LogP contribution < -0.4 is 5.32 Å². The van der Waals surface area contributed by atoms with Crippen molar-refractivity contribution < 1.29 is 4.79 Å². The largest absolute Gasteiger partial charge is 0.324 e. The summed E-state index contributed by atoms with van der Waals surface area (Å²) in [6, 6.07) is 0.472. The molecule has 2 fully saturated rings. The standard InChI is InChI=1S/C14H27N3O/c1-5-14(4)13(18)17(12(3)15-14)10-11(2)16-8-6-7-9-16/h11-12,15H,5-10H2,1-4H3. The summed E-state index contributed by atoms with van der Waals surface area (Å²) >= 11 is 0. The Morgan fingerprint density at radius 1 is 1.44 bits per heavy atom. The average molecular weight is 253 g/mol. The molecule has 2 saturated heterocycles. The van der Waals surface area contributed by atoms with Gasteiger partial charge in [0.05, 0.1) is 11.7 Å². The summed E-state index contributed by atoms with van der Waals surface area (Å²) in [5, 5.41) is 3.43. The molecule has 0 aromatic heterocycles. The van der Waals surface area contributed by atoms with E-state index in [1.54, 1.807) is 0 Å². The van der Waals surface area contributed by atoms with Crippen LogP contribution in [0.4, 0.5) is 0 Å². The van der Waals surface area contributed by atoms with Crippen molar-refractivity contribution in [1.29, 1.82) is 0 Å². The van der Waals surface area contributed by atoms with Crippen LogP contribution in [0.15, 0.2) is 0 Å². The van der Waals surface area contributed by atoms with Crippen molar-refractivity contribution in [2.75, 3.05) is 19.6 Å². The van der Waals surface area contributed by atoms with Gasteiger partial charge in [0.15, 0.2) is 0 Å². The van der Waals surface area contributed by atoms with Gasteiger partial charge in [-0.3, -0.25) is 15.0 Å². The van der Waals surface area contributed by atoms with Gasteiger partial charge < -0.3 is 4.90 Å². The third kappa shape index (κ3) is 2.41. The molecule has 0 aromatic carbocycles. The molecule has 0 spiro atoms. The zero-order valence-corrected chi connectivity index (χ0v) is 12.2. The maximum atomic E-state index is 12.5. The Bertz CT molecular complexity index is 314. The molecule has 4 nitrogen and oxygen atoms in total. The van der Waals surface area contributed by atoms with E-state index in [-0.39, 0.29) is 17.6 Å². The molecule has 2 aliphatic rings. The molecule has 2 aliphatic heterocycles. The number of hydrogen-bond donors (Lipinski definition) is 1. The molecule has 0 bridgehead atoms. The van der Waals surface area contributed by atoms with Gasteiger partial charge in [-0.1, -0.05) is 6.92 Å². The Morgan fingerprint density at radius 2 is 2.06 bits per heavy atom. The van der Waals surface area contributed by atoms with E-state index in [9.17, 15) is 4.79 Å². The van der Waals surface area contributed by atoms with E-state index >= 15 is 0 Å². The third-order valence-electron chi connectivity index (χ3n) is 4.66. The summed E-state index contributed by atoms with van der Waals surface area (Å²) in [6.45, 7) is 11.7. The second-order valence-electron chi connectivity index (χ2n) is 6.06. The van der Waals surface area contributed by atoms with Crippen molar-refractivity contribution in [2.45, 2.75) is 64.7 Å². The lowest BCUT2D eigenvalue weighted by Crippen LogP contribution is -2.46. The number of nitrogens with zero attached hydrogens (tertiary/aromatic N) is 2. The molecule has 2 rings (SSSR count). The topological polar surface area (TPSA) is 35.6 Å². The fraction of sp³-hybridized carbons (Fsp3) is 0.929. The number of likely N-dealkylation sites (tertiary alicyclic amines) is 1. The van der Waals surface area contributed by atoms with Gasteiger partial charge in [0, 0.05) is 12.6 Å². The molecule has 1 amide bonds. The highest BCUT2D eigenvalue weighted by atomic mass is 16.2. The van der Waals surface area contributed by atoms with Crippen molar-refractivity contribution >= 4 is 5.91 Å². The van der Waals surface area contributed by atoms with Crippen LogP contribution in [-0.2, 0) is 4.79 Å². The Morgan fingerprint density at radius 3 is 2.56 bits per heavy atom. The van der Waals surface area contributed by atoms with Gasteiger partial charge in [-0.25, -0.2) is 0 Å². The fourth-order valence-corrected chi connectivity index (χ4v) is 3.17. The van der Waals surface area contributed by atoms with E-state index in [4.69, 9.17) is 0 Å². The summed E-state index contributed by atoms with van der Waals surface area (Å²) in [5.41, 5.74) is -0.357. The molecule has 0 aromatic rings. The van der Waals surface area contributed by atoms with Gasteiger partial charge in [-0.2, -0.15) is 0 Å². The van der Waals surface area contributed by atoms with Gasteiger partial charge in [-0.05, 0) is 53.1 Å². The smallest absolute Gasteiger partial charge is 0.243 e. The average Bonchev–Trinajstić information content (AvgIpc) is 2.93. The Kier molecular flexibility index (Phi) is 3.97. The summed E-state index contributed by atoms with van der Waals surface area (Å²) < 4.78 is 0. The number of carbonyl (C=O) groups excluding carboxylic acids is 1. The molecule has 3 unspecified atom stereocenters. The van der Waals surface area contributed by atoms with Gasteiger partial charge in [0.2, 0.25) is 5.91 Å². The highest BCUT2D eigenvalue weighted by molar-refractivity contribution is 5.88. The molecule has 0 aliphatic carbocycles. The predicted molar refractivity (Wildman–Crippen MR) is 73.3 cm³/mol. The van der Waals surface area contributed by atoms with Gasteiger partial charge in [0.1, 0.15) is 0 Å². The van der Waals surface area contributed by atoms with Gasteiger partial charge in [0.25, 0.3) is 0 Å². The maximum absolute atomic E-state index is 12.5. The fourth-order valence-electron chi connectivity index (χ4n) is 3.17. The first kappa shape index (κ1) is 13.8. The highest BCUT2D eigenvalue weighted by Crippen LogP contribution is 2.24. The molecule has 0 radical (unpaired) electrons. The van der Waals surface area contributed by atoms with Crippen molar-refractivity contribution in [2.24, 2.45) is 0 Å². The first-order valence-corrected chi connectivity index (χ1v) is 7.31. The number of amides is 1. The molecule has 18 heavy (non-hydrogen) atoms. The van der Waals surface area contributed by atoms with Crippen molar-refractivity contribution in [1.82, 2.24) is 15.1 Å². The molecule has 1 N–H and O–H groups in total. The van der Waals surface area contributed by atoms with Crippen LogP contribution in [0.2, 0.25) is 0 Å². The van der Waals surface area contributed by atoms with E-state index in [1.807, 2.05) is 11.8 Å². The molecule has 4 heteroatoms. The van der Waals surface area contributed by atoms with Crippen LogP contribution in [0, 0.1) is 0 Å². The Balaban J connectivity index is 1.98. The molecule has 0 saturated carbocycles. The summed E-state index contributed by atoms with van der Waals surface area (Å²) in [7, 11) is 0. The van der Waals surface area contributed by atoms with E-state index in [2.05, 4.69) is 31.0 Å². The monoisotopic (exact) mass is 253 g/mol. The normalized spacial score (nSPS) is 35.4. The van der Waals surface area contributed by atoms with Crippen LogP contribution in [-0.4, -0.2) is 53.1 Å². The minimum atomic E-state index is -0.357. The van der Waals surface area contributed by atoms with Crippen LogP contribution in [0.1, 0.15) is 47.0 Å². The lowest BCUT2D eigenvalue weighted by atomic mass is 9.99. The van der Waals surface area contributed by atoms with E-state index in [1.165, 1.54) is 25.9 Å². The lowest BCUT2D eigenvalue weighted by molar-refractivity contribution is -0.133. The summed E-state index contributed by atoms with van der Waals surface area (Å²) in [4.78, 5) is 17.0. The van der Waals surface area contributed by atoms with Crippen LogP contribution >= 0.6 is 0 Å². The minimum Gasteiger partial charge on any atom is -0.324 e. The van der Waals surface area contributed by atoms with Gasteiger partial charge in [-0.15, -0.1) is 0 Å². The van der Waals surface area contributed by atoms with Crippen molar-refractivity contribution in [3.05, 3.63) is 0 Å². The summed E-state index contributed by atoms with van der Waals surface area (Å²) in [6.07, 6.45) is 3.62. The van der Waals surface area contributed by atoms with Crippen LogP contribution in [0.5, 0.6) is 0 Å². The van der Waals surface area contributed by atoms with E-state index in [0.717, 1.165) is 13.0 Å². The predicted octanol–water partition coefficient (Wildman–Crippen LogP) is 1.42. The molecule has 3 atom stereocenters. The molecular weight excluding hydrogens is 226 g/mol. The summed E-state index contributed by atoms with van der Waals surface area (Å²) in [5.74, 6) is 0.267. The van der Waals surface area contributed by atoms with Crippen molar-refractivity contribution in [3.63, 3.8) is 0 Å². The van der Waals surface area contributed by atoms with Gasteiger partial charge >= 0.3 is 0 Å². The molecule has 2 heterocycles. The zero-order chi connectivity index (χ0) is 13.3. The second-order valence-corrected chi connectivity index (χ2v) is 6.06. The minimum absolute atomic E-state index is 0.160. The van der Waals surface area contributed by atoms with E-state index in [0.29, 0.717) is 6.04 Å². The zero-order valence-electron chi connectivity index (χ0n) is 12.2. The Labute approximate surface area is 111 Å². The lowest BCUT2D eigenvalue weighted by Gasteiger charge is -2.30. The second kappa shape index (κ2) is 5.17. The molecule has 104 valence electrons. The van der Waals surface area contributed by atoms with Crippen LogP contribution in [0.3, 0.4) is 0 Å². The number of rotatable bonds is 4. The van der Waals surface area contributed by atoms with E-state index < -0.39 is 0 Å². The third-order valence-corrected chi connectivity index (χ3v) is 4.66. The van der Waals surface area contributed by atoms with Crippen molar-refractivity contribution in [3.8, 4) is 0 Å².